The predicted molar refractivity (Wildman–Crippen MR) is 97.7 cm³/mol. The summed E-state index contributed by atoms with van der Waals surface area (Å²) in [6.45, 7) is 7.31. The molecule has 0 aliphatic heterocycles. The molecule has 0 fully saturated rings. The molecule has 4 heteroatoms. The van der Waals surface area contributed by atoms with Crippen LogP contribution in [0.4, 0.5) is 5.82 Å². The summed E-state index contributed by atoms with van der Waals surface area (Å²) in [7, 11) is 0. The van der Waals surface area contributed by atoms with Crippen LogP contribution in [0, 0.1) is 3.57 Å². The topological polar surface area (TPSA) is 37.8 Å². The molecule has 2 rings (SSSR count). The minimum absolute atomic E-state index is 0.817. The van der Waals surface area contributed by atoms with Crippen molar-refractivity contribution >= 4 is 28.4 Å². The molecule has 0 atom stereocenters. The Balaban J connectivity index is 2.45. The lowest BCUT2D eigenvalue weighted by Gasteiger charge is -2.12. The largest absolute Gasteiger partial charge is 0.369 e. The number of hydrogen-bond acceptors (Lipinski definition) is 3. The van der Waals surface area contributed by atoms with Gasteiger partial charge in [0.2, 0.25) is 0 Å². The Labute approximate surface area is 140 Å². The Morgan fingerprint density at radius 3 is 2.33 bits per heavy atom. The Bertz CT molecular complexity index is 566. The minimum atomic E-state index is 0.817. The van der Waals surface area contributed by atoms with E-state index < -0.39 is 0 Å². The van der Waals surface area contributed by atoms with Gasteiger partial charge in [0.05, 0.1) is 9.26 Å². The fourth-order valence-electron chi connectivity index (χ4n) is 2.20. The first-order chi connectivity index (χ1) is 10.2. The van der Waals surface area contributed by atoms with E-state index in [9.17, 15) is 0 Å². The molecule has 1 N–H and O–H groups in total. The van der Waals surface area contributed by atoms with Crippen molar-refractivity contribution in [3.05, 3.63) is 39.1 Å². The molecule has 0 saturated carbocycles. The van der Waals surface area contributed by atoms with Gasteiger partial charge in [-0.3, -0.25) is 0 Å². The number of anilines is 1. The van der Waals surface area contributed by atoms with Crippen LogP contribution in [0.2, 0.25) is 0 Å². The zero-order chi connectivity index (χ0) is 15.2. The van der Waals surface area contributed by atoms with Gasteiger partial charge in [0, 0.05) is 12.1 Å². The van der Waals surface area contributed by atoms with Gasteiger partial charge in [-0.05, 0) is 47.9 Å². The Hall–Kier alpha value is -1.17. The third kappa shape index (κ3) is 3.93. The molecule has 1 heterocycles. The van der Waals surface area contributed by atoms with Gasteiger partial charge >= 0.3 is 0 Å². The van der Waals surface area contributed by atoms with Gasteiger partial charge in [-0.25, -0.2) is 9.97 Å². The summed E-state index contributed by atoms with van der Waals surface area (Å²) in [6, 6.07) is 8.55. The van der Waals surface area contributed by atoms with Crippen molar-refractivity contribution in [2.45, 2.75) is 40.0 Å². The zero-order valence-electron chi connectivity index (χ0n) is 12.9. The first-order valence-corrected chi connectivity index (χ1v) is 8.67. The molecule has 1 aromatic carbocycles. The van der Waals surface area contributed by atoms with Gasteiger partial charge in [0.1, 0.15) is 5.82 Å². The molecule has 112 valence electrons. The SMILES string of the molecule is CCCc1nc(-c2ccc(CC)cc2)nc(NCC)c1I. The molecule has 0 unspecified atom stereocenters. The number of halogens is 1. The number of benzene rings is 1. The van der Waals surface area contributed by atoms with Crippen molar-refractivity contribution in [1.29, 1.82) is 0 Å². The van der Waals surface area contributed by atoms with Crippen molar-refractivity contribution in [3.63, 3.8) is 0 Å². The fraction of sp³-hybridized carbons (Fsp3) is 0.412. The highest BCUT2D eigenvalue weighted by molar-refractivity contribution is 14.1. The second kappa shape index (κ2) is 7.73. The Morgan fingerprint density at radius 2 is 1.76 bits per heavy atom. The molecule has 3 nitrogen and oxygen atoms in total. The molecule has 0 aliphatic carbocycles. The van der Waals surface area contributed by atoms with Crippen LogP contribution in [0.25, 0.3) is 11.4 Å². The van der Waals surface area contributed by atoms with Crippen LogP contribution in [-0.4, -0.2) is 16.5 Å². The van der Waals surface area contributed by atoms with E-state index >= 15 is 0 Å². The summed E-state index contributed by atoms with van der Waals surface area (Å²) in [5.41, 5.74) is 3.56. The fourth-order valence-corrected chi connectivity index (χ4v) is 2.90. The van der Waals surface area contributed by atoms with Crippen molar-refractivity contribution in [2.24, 2.45) is 0 Å². The lowest BCUT2D eigenvalue weighted by atomic mass is 10.1. The minimum Gasteiger partial charge on any atom is -0.369 e. The molecule has 0 bridgehead atoms. The maximum absolute atomic E-state index is 4.77. The first-order valence-electron chi connectivity index (χ1n) is 7.59. The van der Waals surface area contributed by atoms with E-state index in [1.807, 2.05) is 0 Å². The zero-order valence-corrected chi connectivity index (χ0v) is 15.1. The van der Waals surface area contributed by atoms with Crippen molar-refractivity contribution < 1.29 is 0 Å². The van der Waals surface area contributed by atoms with E-state index in [4.69, 9.17) is 9.97 Å². The highest BCUT2D eigenvalue weighted by Crippen LogP contribution is 2.25. The van der Waals surface area contributed by atoms with Crippen molar-refractivity contribution in [2.75, 3.05) is 11.9 Å². The van der Waals surface area contributed by atoms with Crippen LogP contribution in [0.5, 0.6) is 0 Å². The number of nitrogens with one attached hydrogen (secondary N) is 1. The highest BCUT2D eigenvalue weighted by Gasteiger charge is 2.12. The van der Waals surface area contributed by atoms with E-state index in [1.54, 1.807) is 0 Å². The van der Waals surface area contributed by atoms with Crippen LogP contribution in [0.1, 0.15) is 38.4 Å². The Kier molecular flexibility index (Phi) is 5.96. The van der Waals surface area contributed by atoms with E-state index in [0.717, 1.165) is 52.3 Å². The number of nitrogens with zero attached hydrogens (tertiary/aromatic N) is 2. The summed E-state index contributed by atoms with van der Waals surface area (Å²) in [5.74, 6) is 1.77. The van der Waals surface area contributed by atoms with Gasteiger partial charge in [0.25, 0.3) is 0 Å². The highest BCUT2D eigenvalue weighted by atomic mass is 127. The molecule has 0 saturated heterocycles. The summed E-state index contributed by atoms with van der Waals surface area (Å²) in [5, 5.41) is 3.35. The quantitative estimate of drug-likeness (QED) is 0.721. The maximum atomic E-state index is 4.77. The molecule has 21 heavy (non-hydrogen) atoms. The molecule has 0 spiro atoms. The predicted octanol–water partition coefficient (Wildman–Crippen LogP) is 4.69. The van der Waals surface area contributed by atoms with Gasteiger partial charge in [-0.1, -0.05) is 44.5 Å². The van der Waals surface area contributed by atoms with Crippen LogP contribution >= 0.6 is 22.6 Å². The van der Waals surface area contributed by atoms with E-state index in [2.05, 4.69) is 72.9 Å². The maximum Gasteiger partial charge on any atom is 0.161 e. The number of aryl methyl sites for hydroxylation is 2. The van der Waals surface area contributed by atoms with Gasteiger partial charge < -0.3 is 5.32 Å². The molecular weight excluding hydrogens is 373 g/mol. The molecule has 2 aromatic rings. The molecule has 0 radical (unpaired) electrons. The number of rotatable bonds is 6. The van der Waals surface area contributed by atoms with Gasteiger partial charge in [0.15, 0.2) is 5.82 Å². The Morgan fingerprint density at radius 1 is 1.05 bits per heavy atom. The second-order valence-corrected chi connectivity index (χ2v) is 6.07. The molecule has 0 aliphatic rings. The summed E-state index contributed by atoms with van der Waals surface area (Å²) >= 11 is 2.35. The lowest BCUT2D eigenvalue weighted by molar-refractivity contribution is 0.867. The first kappa shape index (κ1) is 16.2. The van der Waals surface area contributed by atoms with E-state index in [-0.39, 0.29) is 0 Å². The van der Waals surface area contributed by atoms with Crippen LogP contribution in [0.15, 0.2) is 24.3 Å². The van der Waals surface area contributed by atoms with Crippen LogP contribution < -0.4 is 5.32 Å². The van der Waals surface area contributed by atoms with Crippen molar-refractivity contribution in [3.8, 4) is 11.4 Å². The average Bonchev–Trinajstić information content (AvgIpc) is 2.51. The van der Waals surface area contributed by atoms with Crippen LogP contribution in [0.3, 0.4) is 0 Å². The van der Waals surface area contributed by atoms with Crippen molar-refractivity contribution in [1.82, 2.24) is 9.97 Å². The molecule has 1 aromatic heterocycles. The normalized spacial score (nSPS) is 10.7. The second-order valence-electron chi connectivity index (χ2n) is 4.99. The van der Waals surface area contributed by atoms with E-state index in [1.165, 1.54) is 5.56 Å². The number of hydrogen-bond donors (Lipinski definition) is 1. The standard InChI is InChI=1S/C17H22IN3/c1-4-7-14-15(18)17(19-6-3)21-16(20-14)13-10-8-12(5-2)9-11-13/h8-11H,4-7H2,1-3H3,(H,19,20,21). The smallest absolute Gasteiger partial charge is 0.161 e. The molecular formula is C17H22IN3. The third-order valence-electron chi connectivity index (χ3n) is 3.37. The lowest BCUT2D eigenvalue weighted by Crippen LogP contribution is -2.08. The van der Waals surface area contributed by atoms with E-state index in [0.29, 0.717) is 0 Å². The molecule has 0 amide bonds. The number of aromatic nitrogens is 2. The summed E-state index contributed by atoms with van der Waals surface area (Å²) in [6.07, 6.45) is 3.13. The summed E-state index contributed by atoms with van der Waals surface area (Å²) < 4.78 is 1.14. The average molecular weight is 395 g/mol. The van der Waals surface area contributed by atoms with Gasteiger partial charge in [-0.15, -0.1) is 0 Å². The summed E-state index contributed by atoms with van der Waals surface area (Å²) in [4.78, 5) is 9.47. The van der Waals surface area contributed by atoms with Gasteiger partial charge in [-0.2, -0.15) is 0 Å². The third-order valence-corrected chi connectivity index (χ3v) is 4.50. The van der Waals surface area contributed by atoms with Crippen LogP contribution in [-0.2, 0) is 12.8 Å². The monoisotopic (exact) mass is 395 g/mol.